The highest BCUT2D eigenvalue weighted by Gasteiger charge is 2.26. The number of ether oxygens (including phenoxy) is 2. The number of nitrogens with two attached hydrogens (primary N) is 1. The van der Waals surface area contributed by atoms with Gasteiger partial charge in [0.2, 0.25) is 0 Å². The molecular weight excluding hydrogens is 228 g/mol. The largest absolute Gasteiger partial charge is 0.392 e. The Balaban J connectivity index is 2.50. The second kappa shape index (κ2) is 6.12. The van der Waals surface area contributed by atoms with Gasteiger partial charge in [-0.1, -0.05) is 26.1 Å². The average Bonchev–Trinajstić information content (AvgIpc) is 2.25. The SMILES string of the molecule is CC(C)C(NC(=O)C1COCCO1)C(N)=S. The number of hydrogen-bond acceptors (Lipinski definition) is 4. The maximum absolute atomic E-state index is 11.8. The first kappa shape index (κ1) is 13.3. The molecule has 1 amide bonds. The van der Waals surface area contributed by atoms with Crippen molar-refractivity contribution < 1.29 is 14.3 Å². The molecular formula is C10H18N2O3S. The number of carbonyl (C=O) groups excluding carboxylic acids is 1. The number of rotatable bonds is 4. The molecule has 5 nitrogen and oxygen atoms in total. The first-order valence-corrected chi connectivity index (χ1v) is 5.72. The summed E-state index contributed by atoms with van der Waals surface area (Å²) in [6, 6.07) is -0.298. The fourth-order valence-electron chi connectivity index (χ4n) is 1.45. The van der Waals surface area contributed by atoms with Crippen LogP contribution < -0.4 is 11.1 Å². The van der Waals surface area contributed by atoms with Crippen molar-refractivity contribution in [3.05, 3.63) is 0 Å². The third kappa shape index (κ3) is 3.70. The Labute approximate surface area is 101 Å². The van der Waals surface area contributed by atoms with Gasteiger partial charge in [-0.25, -0.2) is 0 Å². The smallest absolute Gasteiger partial charge is 0.252 e. The highest BCUT2D eigenvalue weighted by Crippen LogP contribution is 2.05. The van der Waals surface area contributed by atoms with E-state index >= 15 is 0 Å². The van der Waals surface area contributed by atoms with Crippen LogP contribution in [0.2, 0.25) is 0 Å². The average molecular weight is 246 g/mol. The van der Waals surface area contributed by atoms with E-state index in [4.69, 9.17) is 27.4 Å². The fourth-order valence-corrected chi connectivity index (χ4v) is 1.78. The molecule has 1 aliphatic heterocycles. The van der Waals surface area contributed by atoms with Gasteiger partial charge in [-0.05, 0) is 5.92 Å². The van der Waals surface area contributed by atoms with Gasteiger partial charge in [0.1, 0.15) is 0 Å². The van der Waals surface area contributed by atoms with Gasteiger partial charge in [0.15, 0.2) is 6.10 Å². The molecule has 6 heteroatoms. The molecule has 0 bridgehead atoms. The van der Waals surface area contributed by atoms with Crippen molar-refractivity contribution in [1.29, 1.82) is 0 Å². The van der Waals surface area contributed by atoms with E-state index in [1.54, 1.807) is 0 Å². The third-order valence-electron chi connectivity index (χ3n) is 2.38. The number of hydrogen-bond donors (Lipinski definition) is 2. The third-order valence-corrected chi connectivity index (χ3v) is 2.63. The van der Waals surface area contributed by atoms with E-state index in [9.17, 15) is 4.79 Å². The topological polar surface area (TPSA) is 73.6 Å². The summed E-state index contributed by atoms with van der Waals surface area (Å²) in [5.41, 5.74) is 5.56. The first-order chi connectivity index (χ1) is 7.52. The maximum Gasteiger partial charge on any atom is 0.252 e. The Kier molecular flexibility index (Phi) is 5.11. The lowest BCUT2D eigenvalue weighted by atomic mass is 10.0. The lowest BCUT2D eigenvalue weighted by Gasteiger charge is -2.26. The Morgan fingerprint density at radius 1 is 1.50 bits per heavy atom. The van der Waals surface area contributed by atoms with Gasteiger partial charge in [0.25, 0.3) is 5.91 Å². The molecule has 1 aliphatic rings. The normalized spacial score (nSPS) is 22.8. The van der Waals surface area contributed by atoms with Crippen molar-refractivity contribution in [1.82, 2.24) is 5.32 Å². The van der Waals surface area contributed by atoms with E-state index in [0.717, 1.165) is 0 Å². The predicted molar refractivity (Wildman–Crippen MR) is 64.1 cm³/mol. The molecule has 0 spiro atoms. The van der Waals surface area contributed by atoms with E-state index in [1.807, 2.05) is 13.8 Å². The molecule has 1 saturated heterocycles. The number of nitrogens with one attached hydrogen (secondary N) is 1. The Morgan fingerprint density at radius 2 is 2.19 bits per heavy atom. The zero-order chi connectivity index (χ0) is 12.1. The second-order valence-electron chi connectivity index (χ2n) is 4.07. The van der Waals surface area contributed by atoms with Gasteiger partial charge in [0, 0.05) is 0 Å². The molecule has 0 radical (unpaired) electrons. The zero-order valence-electron chi connectivity index (χ0n) is 9.56. The summed E-state index contributed by atoms with van der Waals surface area (Å²) >= 11 is 4.90. The van der Waals surface area contributed by atoms with Gasteiger partial charge in [-0.3, -0.25) is 4.79 Å². The Hall–Kier alpha value is -0.720. The summed E-state index contributed by atoms with van der Waals surface area (Å²) < 4.78 is 10.4. The predicted octanol–water partition coefficient (Wildman–Crippen LogP) is -0.171. The highest BCUT2D eigenvalue weighted by molar-refractivity contribution is 7.80. The standard InChI is InChI=1S/C10H18N2O3S/c1-6(2)8(9(11)16)12-10(13)7-5-14-3-4-15-7/h6-8H,3-5H2,1-2H3,(H2,11,16)(H,12,13). The van der Waals surface area contributed by atoms with E-state index in [1.165, 1.54) is 0 Å². The molecule has 0 aromatic rings. The van der Waals surface area contributed by atoms with Crippen molar-refractivity contribution in [3.63, 3.8) is 0 Å². The first-order valence-electron chi connectivity index (χ1n) is 5.31. The van der Waals surface area contributed by atoms with Crippen LogP contribution in [0, 0.1) is 5.92 Å². The fraction of sp³-hybridized carbons (Fsp3) is 0.800. The lowest BCUT2D eigenvalue weighted by molar-refractivity contribution is -0.148. The van der Waals surface area contributed by atoms with Gasteiger partial charge in [-0.15, -0.1) is 0 Å². The Morgan fingerprint density at radius 3 is 2.62 bits per heavy atom. The van der Waals surface area contributed by atoms with Crippen molar-refractivity contribution in [3.8, 4) is 0 Å². The van der Waals surface area contributed by atoms with E-state index in [-0.39, 0.29) is 24.5 Å². The van der Waals surface area contributed by atoms with E-state index in [0.29, 0.717) is 18.2 Å². The van der Waals surface area contributed by atoms with Crippen molar-refractivity contribution >= 4 is 23.1 Å². The van der Waals surface area contributed by atoms with Gasteiger partial charge in [0.05, 0.1) is 30.9 Å². The molecule has 0 aromatic carbocycles. The minimum atomic E-state index is -0.552. The van der Waals surface area contributed by atoms with Crippen LogP contribution in [0.4, 0.5) is 0 Å². The van der Waals surface area contributed by atoms with Crippen molar-refractivity contribution in [2.75, 3.05) is 19.8 Å². The maximum atomic E-state index is 11.8. The summed E-state index contributed by atoms with van der Waals surface area (Å²) in [6.07, 6.45) is -0.552. The summed E-state index contributed by atoms with van der Waals surface area (Å²) in [4.78, 5) is 12.1. The number of amides is 1. The van der Waals surface area contributed by atoms with Crippen LogP contribution in [-0.4, -0.2) is 42.9 Å². The van der Waals surface area contributed by atoms with Gasteiger partial charge < -0.3 is 20.5 Å². The highest BCUT2D eigenvalue weighted by atomic mass is 32.1. The minimum Gasteiger partial charge on any atom is -0.392 e. The molecule has 92 valence electrons. The van der Waals surface area contributed by atoms with Crippen molar-refractivity contribution in [2.24, 2.45) is 11.7 Å². The molecule has 0 saturated carbocycles. The molecule has 1 rings (SSSR count). The molecule has 2 atom stereocenters. The summed E-state index contributed by atoms with van der Waals surface area (Å²) in [5.74, 6) is -0.0582. The molecule has 0 aromatic heterocycles. The molecule has 2 unspecified atom stereocenters. The van der Waals surface area contributed by atoms with E-state index in [2.05, 4.69) is 5.32 Å². The van der Waals surface area contributed by atoms with Crippen LogP contribution in [0.25, 0.3) is 0 Å². The second-order valence-corrected chi connectivity index (χ2v) is 4.54. The molecule has 0 aliphatic carbocycles. The molecule has 3 N–H and O–H groups in total. The van der Waals surface area contributed by atoms with E-state index < -0.39 is 6.10 Å². The van der Waals surface area contributed by atoms with Crippen molar-refractivity contribution in [2.45, 2.75) is 26.0 Å². The van der Waals surface area contributed by atoms with Crippen LogP contribution in [0.1, 0.15) is 13.8 Å². The lowest BCUT2D eigenvalue weighted by Crippen LogP contribution is -2.52. The summed E-state index contributed by atoms with van der Waals surface area (Å²) in [6.45, 7) is 5.16. The van der Waals surface area contributed by atoms with Crippen LogP contribution in [-0.2, 0) is 14.3 Å². The summed E-state index contributed by atoms with van der Waals surface area (Å²) in [5, 5.41) is 2.78. The molecule has 1 heterocycles. The number of thiocarbonyl (C=S) groups is 1. The molecule has 16 heavy (non-hydrogen) atoms. The quantitative estimate of drug-likeness (QED) is 0.674. The number of carbonyl (C=O) groups is 1. The van der Waals surface area contributed by atoms with Crippen LogP contribution >= 0.6 is 12.2 Å². The van der Waals surface area contributed by atoms with Crippen LogP contribution in [0.3, 0.4) is 0 Å². The van der Waals surface area contributed by atoms with Gasteiger partial charge >= 0.3 is 0 Å². The Bertz CT molecular complexity index is 265. The monoisotopic (exact) mass is 246 g/mol. The zero-order valence-corrected chi connectivity index (χ0v) is 10.4. The van der Waals surface area contributed by atoms with Gasteiger partial charge in [-0.2, -0.15) is 0 Å². The summed E-state index contributed by atoms with van der Waals surface area (Å²) in [7, 11) is 0. The van der Waals surface area contributed by atoms with Crippen LogP contribution in [0.5, 0.6) is 0 Å². The molecule has 1 fully saturated rings. The minimum absolute atomic E-state index is 0.158. The van der Waals surface area contributed by atoms with Crippen LogP contribution in [0.15, 0.2) is 0 Å².